The Bertz CT molecular complexity index is 568. The van der Waals surface area contributed by atoms with Crippen LogP contribution in [0, 0.1) is 0 Å². The van der Waals surface area contributed by atoms with Crippen molar-refractivity contribution in [2.24, 2.45) is 12.9 Å². The van der Waals surface area contributed by atoms with Gasteiger partial charge in [0.25, 0.3) is 0 Å². The van der Waals surface area contributed by atoms with Crippen molar-refractivity contribution in [1.82, 2.24) is 15.2 Å². The number of benzene rings is 1. The lowest BCUT2D eigenvalue weighted by atomic mass is 10.00. The molecule has 0 spiro atoms. The smallest absolute Gasteiger partial charge is 0.123 e. The van der Waals surface area contributed by atoms with E-state index >= 15 is 0 Å². The summed E-state index contributed by atoms with van der Waals surface area (Å²) in [6.45, 7) is 0. The second-order valence-corrected chi connectivity index (χ2v) is 4.55. The van der Waals surface area contributed by atoms with E-state index in [2.05, 4.69) is 10.5 Å². The van der Waals surface area contributed by atoms with E-state index in [0.29, 0.717) is 6.42 Å². The zero-order valence-electron chi connectivity index (χ0n) is 12.0. The van der Waals surface area contributed by atoms with Crippen molar-refractivity contribution in [3.63, 3.8) is 0 Å². The minimum atomic E-state index is -0.0794. The van der Waals surface area contributed by atoms with E-state index < -0.39 is 0 Å². The van der Waals surface area contributed by atoms with Crippen molar-refractivity contribution in [3.8, 4) is 11.5 Å². The van der Waals surface area contributed by atoms with Crippen LogP contribution in [-0.2, 0) is 13.5 Å². The van der Waals surface area contributed by atoms with Gasteiger partial charge in [-0.25, -0.2) is 0 Å². The zero-order chi connectivity index (χ0) is 14.5. The highest BCUT2D eigenvalue weighted by Crippen LogP contribution is 2.30. The van der Waals surface area contributed by atoms with Gasteiger partial charge < -0.3 is 9.47 Å². The molecule has 0 radical (unpaired) electrons. The predicted octanol–water partition coefficient (Wildman–Crippen LogP) is 1.18. The molecule has 1 aromatic heterocycles. The summed E-state index contributed by atoms with van der Waals surface area (Å²) in [4.78, 5) is 0. The van der Waals surface area contributed by atoms with E-state index in [0.717, 1.165) is 22.6 Å². The van der Waals surface area contributed by atoms with Crippen LogP contribution in [0.15, 0.2) is 30.6 Å². The Kier molecular flexibility index (Phi) is 4.60. The Hall–Kier alpha value is -2.05. The molecule has 0 saturated carbocycles. The van der Waals surface area contributed by atoms with E-state index in [-0.39, 0.29) is 6.04 Å². The van der Waals surface area contributed by atoms with Gasteiger partial charge in [-0.15, -0.1) is 0 Å². The van der Waals surface area contributed by atoms with Crippen molar-refractivity contribution in [1.29, 1.82) is 0 Å². The zero-order valence-corrected chi connectivity index (χ0v) is 12.0. The molecule has 1 aromatic carbocycles. The standard InChI is InChI=1S/C14H20N4O2/c1-18-9-10(8-16-18)6-13(17-15)12-7-11(19-2)4-5-14(12)20-3/h4-5,7-9,13,17H,6,15H2,1-3H3. The summed E-state index contributed by atoms with van der Waals surface area (Å²) in [6.07, 6.45) is 4.52. The van der Waals surface area contributed by atoms with Gasteiger partial charge in [-0.05, 0) is 30.2 Å². The van der Waals surface area contributed by atoms with Gasteiger partial charge in [0.05, 0.1) is 26.5 Å². The number of ether oxygens (including phenoxy) is 2. The number of hydrogen-bond donors (Lipinski definition) is 2. The summed E-state index contributed by atoms with van der Waals surface area (Å²) in [6, 6.07) is 5.59. The Labute approximate surface area is 118 Å². The van der Waals surface area contributed by atoms with Crippen LogP contribution in [0.25, 0.3) is 0 Å². The molecule has 1 unspecified atom stereocenters. The predicted molar refractivity (Wildman–Crippen MR) is 76.5 cm³/mol. The summed E-state index contributed by atoms with van der Waals surface area (Å²) in [7, 11) is 5.17. The van der Waals surface area contributed by atoms with Gasteiger partial charge in [0.2, 0.25) is 0 Å². The van der Waals surface area contributed by atoms with Crippen molar-refractivity contribution in [2.75, 3.05) is 14.2 Å². The van der Waals surface area contributed by atoms with Gasteiger partial charge in [0.1, 0.15) is 11.5 Å². The van der Waals surface area contributed by atoms with Crippen LogP contribution < -0.4 is 20.7 Å². The lowest BCUT2D eigenvalue weighted by Crippen LogP contribution is -2.29. The maximum atomic E-state index is 5.70. The second kappa shape index (κ2) is 6.40. The van der Waals surface area contributed by atoms with Crippen LogP contribution in [0.2, 0.25) is 0 Å². The number of aromatic nitrogens is 2. The van der Waals surface area contributed by atoms with Crippen LogP contribution in [0.4, 0.5) is 0 Å². The van der Waals surface area contributed by atoms with Crippen LogP contribution in [0.1, 0.15) is 17.2 Å². The minimum absolute atomic E-state index is 0.0794. The van der Waals surface area contributed by atoms with E-state index in [1.54, 1.807) is 18.9 Å². The number of nitrogens with one attached hydrogen (secondary N) is 1. The number of nitrogens with zero attached hydrogens (tertiary/aromatic N) is 2. The molecular weight excluding hydrogens is 256 g/mol. The number of hydrogen-bond acceptors (Lipinski definition) is 5. The van der Waals surface area contributed by atoms with Gasteiger partial charge in [0, 0.05) is 18.8 Å². The Morgan fingerprint density at radius 1 is 1.35 bits per heavy atom. The van der Waals surface area contributed by atoms with E-state index in [1.807, 2.05) is 37.6 Å². The Morgan fingerprint density at radius 3 is 2.70 bits per heavy atom. The van der Waals surface area contributed by atoms with Crippen LogP contribution in [0.5, 0.6) is 11.5 Å². The summed E-state index contributed by atoms with van der Waals surface area (Å²) >= 11 is 0. The molecule has 2 rings (SSSR count). The maximum absolute atomic E-state index is 5.70. The fourth-order valence-corrected chi connectivity index (χ4v) is 2.18. The monoisotopic (exact) mass is 276 g/mol. The molecule has 6 nitrogen and oxygen atoms in total. The first-order chi connectivity index (χ1) is 9.67. The molecule has 1 atom stereocenters. The quantitative estimate of drug-likeness (QED) is 0.612. The van der Waals surface area contributed by atoms with Gasteiger partial charge in [-0.3, -0.25) is 16.0 Å². The molecule has 0 aliphatic carbocycles. The van der Waals surface area contributed by atoms with Crippen LogP contribution >= 0.6 is 0 Å². The highest BCUT2D eigenvalue weighted by molar-refractivity contribution is 5.42. The molecule has 1 heterocycles. The molecule has 0 saturated heterocycles. The van der Waals surface area contributed by atoms with Crippen molar-refractivity contribution < 1.29 is 9.47 Å². The van der Waals surface area contributed by atoms with Gasteiger partial charge in [-0.1, -0.05) is 0 Å². The van der Waals surface area contributed by atoms with Gasteiger partial charge in [-0.2, -0.15) is 5.10 Å². The molecule has 3 N–H and O–H groups in total. The topological polar surface area (TPSA) is 74.3 Å². The SMILES string of the molecule is COc1ccc(OC)c(C(Cc2cnn(C)c2)NN)c1. The molecule has 108 valence electrons. The summed E-state index contributed by atoms with van der Waals surface area (Å²) < 4.78 is 12.4. The average molecular weight is 276 g/mol. The first-order valence-corrected chi connectivity index (χ1v) is 6.33. The fourth-order valence-electron chi connectivity index (χ4n) is 2.18. The Balaban J connectivity index is 2.30. The first-order valence-electron chi connectivity index (χ1n) is 6.33. The van der Waals surface area contributed by atoms with Gasteiger partial charge >= 0.3 is 0 Å². The van der Waals surface area contributed by atoms with Crippen molar-refractivity contribution in [2.45, 2.75) is 12.5 Å². The number of rotatable bonds is 6. The average Bonchev–Trinajstić information content (AvgIpc) is 2.89. The fraction of sp³-hybridized carbons (Fsp3) is 0.357. The molecule has 6 heteroatoms. The molecule has 2 aromatic rings. The summed E-state index contributed by atoms with van der Waals surface area (Å²) in [5, 5.41) is 4.17. The molecule has 0 fully saturated rings. The third kappa shape index (κ3) is 3.09. The molecule has 0 amide bonds. The normalized spacial score (nSPS) is 12.2. The van der Waals surface area contributed by atoms with Crippen LogP contribution in [0.3, 0.4) is 0 Å². The summed E-state index contributed by atoms with van der Waals surface area (Å²) in [5.74, 6) is 7.25. The third-order valence-corrected chi connectivity index (χ3v) is 3.21. The second-order valence-electron chi connectivity index (χ2n) is 4.55. The minimum Gasteiger partial charge on any atom is -0.497 e. The maximum Gasteiger partial charge on any atom is 0.123 e. The summed E-state index contributed by atoms with van der Waals surface area (Å²) in [5.41, 5.74) is 4.88. The molecule has 0 aliphatic heterocycles. The number of aryl methyl sites for hydroxylation is 1. The van der Waals surface area contributed by atoms with Crippen LogP contribution in [-0.4, -0.2) is 24.0 Å². The number of nitrogens with two attached hydrogens (primary N) is 1. The van der Waals surface area contributed by atoms with Crippen molar-refractivity contribution in [3.05, 3.63) is 41.7 Å². The molecule has 0 bridgehead atoms. The van der Waals surface area contributed by atoms with E-state index in [9.17, 15) is 0 Å². The first kappa shape index (κ1) is 14.4. The van der Waals surface area contributed by atoms with E-state index in [1.165, 1.54) is 0 Å². The lowest BCUT2D eigenvalue weighted by molar-refractivity contribution is 0.389. The number of methoxy groups -OCH3 is 2. The third-order valence-electron chi connectivity index (χ3n) is 3.21. The van der Waals surface area contributed by atoms with E-state index in [4.69, 9.17) is 15.3 Å². The number of hydrazine groups is 1. The highest BCUT2D eigenvalue weighted by atomic mass is 16.5. The highest BCUT2D eigenvalue weighted by Gasteiger charge is 2.17. The lowest BCUT2D eigenvalue weighted by Gasteiger charge is -2.19. The largest absolute Gasteiger partial charge is 0.497 e. The van der Waals surface area contributed by atoms with Gasteiger partial charge in [0.15, 0.2) is 0 Å². The molecule has 20 heavy (non-hydrogen) atoms. The Morgan fingerprint density at radius 2 is 2.15 bits per heavy atom. The molecular formula is C14H20N4O2. The molecule has 0 aliphatic rings. The van der Waals surface area contributed by atoms with Crippen molar-refractivity contribution >= 4 is 0 Å².